The van der Waals surface area contributed by atoms with Gasteiger partial charge in [0.15, 0.2) is 9.84 Å². The second kappa shape index (κ2) is 7.48. The number of hydrogen-bond donors (Lipinski definition) is 0. The predicted molar refractivity (Wildman–Crippen MR) is 107 cm³/mol. The van der Waals surface area contributed by atoms with Crippen molar-refractivity contribution in [1.82, 2.24) is 9.80 Å². The largest absolute Gasteiger partial charge is 0.361 e. The monoisotopic (exact) mass is 399 g/mol. The molecular weight excluding hydrogens is 370 g/mol. The second-order valence-corrected chi connectivity index (χ2v) is 11.1. The van der Waals surface area contributed by atoms with Crippen molar-refractivity contribution in [1.29, 1.82) is 0 Å². The summed E-state index contributed by atoms with van der Waals surface area (Å²) in [6.45, 7) is 11.2. The fourth-order valence-electron chi connectivity index (χ4n) is 3.75. The first-order valence-electron chi connectivity index (χ1n) is 9.26. The van der Waals surface area contributed by atoms with E-state index in [1.165, 1.54) is 10.6 Å². The van der Waals surface area contributed by atoms with Crippen molar-refractivity contribution in [2.45, 2.75) is 38.5 Å². The molecule has 0 spiro atoms. The molecule has 3 rings (SSSR count). The van der Waals surface area contributed by atoms with E-state index in [9.17, 15) is 13.2 Å². The maximum Gasteiger partial charge on any atom is 0.239 e. The first kappa shape index (κ1) is 19.6. The summed E-state index contributed by atoms with van der Waals surface area (Å²) < 4.78 is 24.1. The van der Waals surface area contributed by atoms with Gasteiger partial charge in [-0.05, 0) is 57.2 Å². The lowest BCUT2D eigenvalue weighted by molar-refractivity contribution is -0.129. The molecule has 2 aliphatic rings. The maximum absolute atomic E-state index is 12.1. The molecule has 6 nitrogen and oxygen atoms in total. The Kier molecular flexibility index (Phi) is 5.65. The normalized spacial score (nSPS) is 23.0. The molecule has 2 fully saturated rings. The third kappa shape index (κ3) is 3.77. The van der Waals surface area contributed by atoms with Crippen LogP contribution in [0.4, 0.5) is 5.00 Å². The topological polar surface area (TPSA) is 60.9 Å². The van der Waals surface area contributed by atoms with Crippen LogP contribution in [0.2, 0.25) is 0 Å². The Morgan fingerprint density at radius 1 is 1.12 bits per heavy atom. The number of thiophene rings is 1. The molecule has 0 atom stereocenters. The SMILES string of the molecule is Cc1ccsc1N1CCN(CCCCN2C(=O)CS(=O)(=O)C2(C)C)CC1. The van der Waals surface area contributed by atoms with Gasteiger partial charge in [-0.15, -0.1) is 11.3 Å². The number of anilines is 1. The van der Waals surface area contributed by atoms with E-state index in [4.69, 9.17) is 0 Å². The van der Waals surface area contributed by atoms with Crippen molar-refractivity contribution in [2.24, 2.45) is 0 Å². The third-order valence-electron chi connectivity index (χ3n) is 5.63. The lowest BCUT2D eigenvalue weighted by Gasteiger charge is -2.36. The van der Waals surface area contributed by atoms with Crippen LogP contribution in [0.1, 0.15) is 32.3 Å². The first-order valence-corrected chi connectivity index (χ1v) is 11.8. The highest BCUT2D eigenvalue weighted by molar-refractivity contribution is 7.93. The smallest absolute Gasteiger partial charge is 0.239 e. The Morgan fingerprint density at radius 3 is 2.31 bits per heavy atom. The van der Waals surface area contributed by atoms with Crippen LogP contribution in [0.3, 0.4) is 0 Å². The van der Waals surface area contributed by atoms with Gasteiger partial charge >= 0.3 is 0 Å². The molecule has 0 aliphatic carbocycles. The summed E-state index contributed by atoms with van der Waals surface area (Å²) >= 11 is 1.81. The number of piperazine rings is 1. The van der Waals surface area contributed by atoms with E-state index in [2.05, 4.69) is 28.2 Å². The fourth-order valence-corrected chi connectivity index (χ4v) is 6.10. The van der Waals surface area contributed by atoms with Crippen LogP contribution >= 0.6 is 11.3 Å². The van der Waals surface area contributed by atoms with E-state index in [1.807, 2.05) is 11.3 Å². The number of hydrogen-bond acceptors (Lipinski definition) is 6. The Morgan fingerprint density at radius 2 is 1.77 bits per heavy atom. The van der Waals surface area contributed by atoms with Gasteiger partial charge in [0.2, 0.25) is 5.91 Å². The second-order valence-electron chi connectivity index (χ2n) is 7.70. The van der Waals surface area contributed by atoms with Crippen LogP contribution in [0.5, 0.6) is 0 Å². The summed E-state index contributed by atoms with van der Waals surface area (Å²) in [4.78, 5) is 17.4. The van der Waals surface area contributed by atoms with Crippen LogP contribution in [0, 0.1) is 6.92 Å². The minimum atomic E-state index is -3.35. The van der Waals surface area contributed by atoms with E-state index in [1.54, 1.807) is 18.7 Å². The lowest BCUT2D eigenvalue weighted by atomic mass is 10.2. The summed E-state index contributed by atoms with van der Waals surface area (Å²) in [5.74, 6) is -0.598. The van der Waals surface area contributed by atoms with Crippen LogP contribution in [0.25, 0.3) is 0 Å². The van der Waals surface area contributed by atoms with Gasteiger partial charge in [0.25, 0.3) is 0 Å². The number of unbranched alkanes of at least 4 members (excludes halogenated alkanes) is 1. The van der Waals surface area contributed by atoms with Crippen LogP contribution in [-0.4, -0.2) is 74.0 Å². The Hall–Kier alpha value is -1.12. The molecule has 0 unspecified atom stereocenters. The molecule has 0 bridgehead atoms. The molecule has 0 radical (unpaired) electrons. The molecule has 2 saturated heterocycles. The molecule has 2 aliphatic heterocycles. The van der Waals surface area contributed by atoms with Crippen LogP contribution in [-0.2, 0) is 14.6 Å². The van der Waals surface area contributed by atoms with E-state index in [-0.39, 0.29) is 11.7 Å². The predicted octanol–water partition coefficient (Wildman–Crippen LogP) is 1.95. The van der Waals surface area contributed by atoms with E-state index < -0.39 is 14.7 Å². The molecular formula is C18H29N3O3S2. The molecule has 0 saturated carbocycles. The number of sulfone groups is 1. The van der Waals surface area contributed by atoms with Gasteiger partial charge in [-0.3, -0.25) is 9.69 Å². The quantitative estimate of drug-likeness (QED) is 0.685. The van der Waals surface area contributed by atoms with Crippen molar-refractivity contribution >= 4 is 32.1 Å². The number of aryl methyl sites for hydroxylation is 1. The molecule has 1 aromatic rings. The minimum Gasteiger partial charge on any atom is -0.361 e. The molecule has 8 heteroatoms. The van der Waals surface area contributed by atoms with Gasteiger partial charge in [0.05, 0.1) is 5.00 Å². The van der Waals surface area contributed by atoms with Crippen LogP contribution in [0.15, 0.2) is 11.4 Å². The highest BCUT2D eigenvalue weighted by Crippen LogP contribution is 2.30. The van der Waals surface area contributed by atoms with Crippen molar-refractivity contribution in [3.8, 4) is 0 Å². The van der Waals surface area contributed by atoms with E-state index in [0.29, 0.717) is 6.54 Å². The van der Waals surface area contributed by atoms with Gasteiger partial charge < -0.3 is 9.80 Å². The molecule has 1 aromatic heterocycles. The van der Waals surface area contributed by atoms with Gasteiger partial charge in [0.1, 0.15) is 10.6 Å². The highest BCUT2D eigenvalue weighted by Gasteiger charge is 2.50. The van der Waals surface area contributed by atoms with E-state index in [0.717, 1.165) is 45.6 Å². The van der Waals surface area contributed by atoms with Gasteiger partial charge in [-0.2, -0.15) is 0 Å². The number of rotatable bonds is 6. The number of amides is 1. The zero-order valence-corrected chi connectivity index (χ0v) is 17.5. The summed E-state index contributed by atoms with van der Waals surface area (Å²) in [6, 6.07) is 2.17. The zero-order valence-electron chi connectivity index (χ0n) is 15.9. The molecule has 26 heavy (non-hydrogen) atoms. The summed E-state index contributed by atoms with van der Waals surface area (Å²) in [6.07, 6.45) is 1.83. The average molecular weight is 400 g/mol. The van der Waals surface area contributed by atoms with Crippen molar-refractivity contribution in [2.75, 3.05) is 49.9 Å². The molecule has 146 valence electrons. The van der Waals surface area contributed by atoms with Crippen molar-refractivity contribution in [3.63, 3.8) is 0 Å². The molecule has 3 heterocycles. The Labute approximate surface area is 160 Å². The lowest BCUT2D eigenvalue weighted by Crippen LogP contribution is -2.47. The average Bonchev–Trinajstić information content (AvgIpc) is 3.05. The van der Waals surface area contributed by atoms with Crippen LogP contribution < -0.4 is 4.90 Å². The standard InChI is InChI=1S/C18H29N3O3S2/c1-15-6-13-25-17(15)20-11-9-19(10-12-20)7-4-5-8-21-16(22)14-26(23,24)18(21,2)3/h6,13H,4-5,7-12,14H2,1-3H3. The number of nitrogens with zero attached hydrogens (tertiary/aromatic N) is 3. The number of carbonyl (C=O) groups excluding carboxylic acids is 1. The zero-order chi connectivity index (χ0) is 18.9. The summed E-state index contributed by atoms with van der Waals surface area (Å²) in [5.41, 5.74) is 1.36. The van der Waals surface area contributed by atoms with Gasteiger partial charge in [-0.25, -0.2) is 8.42 Å². The molecule has 1 amide bonds. The highest BCUT2D eigenvalue weighted by atomic mass is 32.2. The summed E-state index contributed by atoms with van der Waals surface area (Å²) in [7, 11) is -3.35. The maximum atomic E-state index is 12.1. The Balaban J connectivity index is 1.40. The fraction of sp³-hybridized carbons (Fsp3) is 0.722. The van der Waals surface area contributed by atoms with Gasteiger partial charge in [0, 0.05) is 32.7 Å². The molecule has 0 aromatic carbocycles. The molecule has 0 N–H and O–H groups in total. The Bertz CT molecular complexity index is 749. The third-order valence-corrected chi connectivity index (χ3v) is 9.07. The minimum absolute atomic E-state index is 0.255. The number of carbonyl (C=O) groups is 1. The first-order chi connectivity index (χ1) is 12.2. The van der Waals surface area contributed by atoms with Gasteiger partial charge in [-0.1, -0.05) is 0 Å². The van der Waals surface area contributed by atoms with Crippen molar-refractivity contribution < 1.29 is 13.2 Å². The van der Waals surface area contributed by atoms with Crippen molar-refractivity contribution in [3.05, 3.63) is 17.0 Å². The summed E-state index contributed by atoms with van der Waals surface area (Å²) in [5, 5.41) is 3.54. The van der Waals surface area contributed by atoms with E-state index >= 15 is 0 Å².